The fourth-order valence-electron chi connectivity index (χ4n) is 1.41. The molecule has 0 bridgehead atoms. The van der Waals surface area contributed by atoms with E-state index in [0.717, 1.165) is 6.42 Å². The summed E-state index contributed by atoms with van der Waals surface area (Å²) < 4.78 is 13.7. The van der Waals surface area contributed by atoms with Gasteiger partial charge in [0.15, 0.2) is 0 Å². The minimum Gasteiger partial charge on any atom is -0.492 e. The molecule has 0 aliphatic heterocycles. The molecule has 1 rings (SSSR count). The highest BCUT2D eigenvalue weighted by Crippen LogP contribution is 2.07. The van der Waals surface area contributed by atoms with Crippen LogP contribution in [0.1, 0.15) is 26.7 Å². The second-order valence-electron chi connectivity index (χ2n) is 4.18. The van der Waals surface area contributed by atoms with Gasteiger partial charge in [0.05, 0.1) is 0 Å². The highest BCUT2D eigenvalue weighted by molar-refractivity contribution is 5.76. The summed E-state index contributed by atoms with van der Waals surface area (Å²) in [6.07, 6.45) is 0.646. The van der Waals surface area contributed by atoms with Gasteiger partial charge in [0, 0.05) is 19.0 Å². The van der Waals surface area contributed by atoms with Gasteiger partial charge < -0.3 is 10.4 Å². The maximum Gasteiger partial charge on any atom is 0.331 e. The Hall–Kier alpha value is -2.12. The molecule has 3 N–H and O–H groups in total. The Morgan fingerprint density at radius 3 is 2.74 bits per heavy atom. The largest absolute Gasteiger partial charge is 0.492 e. The predicted octanol–water partition coefficient (Wildman–Crippen LogP) is -0.314. The molecule has 7 nitrogen and oxygen atoms in total. The van der Waals surface area contributed by atoms with Crippen LogP contribution < -0.4 is 16.6 Å². The van der Waals surface area contributed by atoms with Gasteiger partial charge in [0.2, 0.25) is 17.6 Å². The van der Waals surface area contributed by atoms with Crippen molar-refractivity contribution in [2.75, 3.05) is 0 Å². The van der Waals surface area contributed by atoms with E-state index >= 15 is 0 Å². The van der Waals surface area contributed by atoms with Crippen LogP contribution in [0.25, 0.3) is 0 Å². The van der Waals surface area contributed by atoms with Crippen molar-refractivity contribution < 1.29 is 14.3 Å². The van der Waals surface area contributed by atoms with Crippen LogP contribution in [0.4, 0.5) is 4.39 Å². The number of carbonyl (C=O) groups excluding carboxylic acids is 1. The molecule has 19 heavy (non-hydrogen) atoms. The Kier molecular flexibility index (Phi) is 4.85. The van der Waals surface area contributed by atoms with Crippen molar-refractivity contribution in [2.45, 2.75) is 39.3 Å². The molecule has 1 heterocycles. The van der Waals surface area contributed by atoms with Gasteiger partial charge >= 0.3 is 5.69 Å². The molecule has 1 aromatic heterocycles. The number of nitrogens with zero attached hydrogens (tertiary/aromatic N) is 1. The first-order valence-electron chi connectivity index (χ1n) is 5.87. The summed E-state index contributed by atoms with van der Waals surface area (Å²) in [4.78, 5) is 35.4. The lowest BCUT2D eigenvalue weighted by Crippen LogP contribution is -2.35. The van der Waals surface area contributed by atoms with Crippen LogP contribution in [0.5, 0.6) is 5.88 Å². The first-order chi connectivity index (χ1) is 8.86. The summed E-state index contributed by atoms with van der Waals surface area (Å²) in [5, 5.41) is 12.0. The Labute approximate surface area is 108 Å². The third-order valence-corrected chi connectivity index (χ3v) is 2.70. The first kappa shape index (κ1) is 14.9. The lowest BCUT2D eigenvalue weighted by Gasteiger charge is -2.12. The average Bonchev–Trinajstić information content (AvgIpc) is 2.35. The molecule has 1 aromatic rings. The normalized spacial score (nSPS) is 12.2. The number of rotatable bonds is 5. The lowest BCUT2D eigenvalue weighted by atomic mass is 10.2. The maximum atomic E-state index is 13.1. The van der Waals surface area contributed by atoms with Gasteiger partial charge in [-0.3, -0.25) is 19.1 Å². The smallest absolute Gasteiger partial charge is 0.331 e. The van der Waals surface area contributed by atoms with Crippen molar-refractivity contribution in [3.05, 3.63) is 26.7 Å². The van der Waals surface area contributed by atoms with Gasteiger partial charge in [0.25, 0.3) is 5.56 Å². The van der Waals surface area contributed by atoms with Crippen molar-refractivity contribution in [2.24, 2.45) is 0 Å². The van der Waals surface area contributed by atoms with E-state index in [9.17, 15) is 23.9 Å². The summed E-state index contributed by atoms with van der Waals surface area (Å²) >= 11 is 0. The Morgan fingerprint density at radius 1 is 1.53 bits per heavy atom. The summed E-state index contributed by atoms with van der Waals surface area (Å²) in [7, 11) is 0. The minimum atomic E-state index is -1.44. The van der Waals surface area contributed by atoms with E-state index in [1.807, 2.05) is 13.8 Å². The fraction of sp³-hybridized carbons (Fsp3) is 0.545. The molecular formula is C11H16FN3O4. The molecule has 0 aliphatic carbocycles. The van der Waals surface area contributed by atoms with Gasteiger partial charge in [-0.2, -0.15) is 4.39 Å². The molecule has 0 radical (unpaired) electrons. The molecule has 1 amide bonds. The van der Waals surface area contributed by atoms with Crippen LogP contribution in [0.2, 0.25) is 0 Å². The molecule has 0 aromatic carbocycles. The van der Waals surface area contributed by atoms with Crippen LogP contribution in [0.3, 0.4) is 0 Å². The number of carbonyl (C=O) groups is 1. The average molecular weight is 273 g/mol. The fourth-order valence-corrected chi connectivity index (χ4v) is 1.41. The lowest BCUT2D eigenvalue weighted by molar-refractivity contribution is -0.121. The minimum absolute atomic E-state index is 0.00913. The number of aromatic amines is 1. The topological polar surface area (TPSA) is 104 Å². The summed E-state index contributed by atoms with van der Waals surface area (Å²) in [6.45, 7) is 3.50. The number of amides is 1. The molecular weight excluding hydrogens is 257 g/mol. The Bertz CT molecular complexity index is 578. The van der Waals surface area contributed by atoms with E-state index in [4.69, 9.17) is 0 Å². The number of hydrogen-bond acceptors (Lipinski definition) is 4. The zero-order chi connectivity index (χ0) is 14.6. The molecule has 8 heteroatoms. The van der Waals surface area contributed by atoms with Crippen molar-refractivity contribution in [3.63, 3.8) is 0 Å². The van der Waals surface area contributed by atoms with E-state index in [-0.39, 0.29) is 24.9 Å². The molecule has 106 valence electrons. The number of H-pyrrole nitrogens is 1. The van der Waals surface area contributed by atoms with E-state index in [2.05, 4.69) is 5.32 Å². The zero-order valence-electron chi connectivity index (χ0n) is 10.7. The van der Waals surface area contributed by atoms with E-state index in [1.54, 1.807) is 4.98 Å². The van der Waals surface area contributed by atoms with Crippen molar-refractivity contribution in [1.29, 1.82) is 0 Å². The van der Waals surface area contributed by atoms with Crippen LogP contribution in [0, 0.1) is 5.82 Å². The summed E-state index contributed by atoms with van der Waals surface area (Å²) in [5.41, 5.74) is -2.25. The number of hydrogen-bond donors (Lipinski definition) is 3. The number of halogens is 1. The zero-order valence-corrected chi connectivity index (χ0v) is 10.7. The Balaban J connectivity index is 2.79. The van der Waals surface area contributed by atoms with Gasteiger partial charge in [-0.1, -0.05) is 6.92 Å². The van der Waals surface area contributed by atoms with Crippen molar-refractivity contribution >= 4 is 5.91 Å². The van der Waals surface area contributed by atoms with E-state index < -0.39 is 22.9 Å². The maximum absolute atomic E-state index is 13.1. The van der Waals surface area contributed by atoms with E-state index in [0.29, 0.717) is 4.57 Å². The summed E-state index contributed by atoms with van der Waals surface area (Å²) in [6, 6.07) is -0.00913. The highest BCUT2D eigenvalue weighted by atomic mass is 19.1. The highest BCUT2D eigenvalue weighted by Gasteiger charge is 2.14. The molecule has 0 saturated carbocycles. The Morgan fingerprint density at radius 2 is 2.16 bits per heavy atom. The second kappa shape index (κ2) is 6.17. The molecule has 1 unspecified atom stereocenters. The number of nitrogens with one attached hydrogen (secondary N) is 2. The van der Waals surface area contributed by atoms with Gasteiger partial charge in [0.1, 0.15) is 0 Å². The third-order valence-electron chi connectivity index (χ3n) is 2.70. The van der Waals surface area contributed by atoms with E-state index in [1.165, 1.54) is 0 Å². The standard InChI is InChI=1S/C11H16FN3O4/c1-3-6(2)13-7(16)4-5-15-10(18)8(12)9(17)14-11(15)19/h6,18H,3-5H2,1-2H3,(H,13,16)(H,14,17,19). The number of aromatic hydroxyl groups is 1. The molecule has 1 atom stereocenters. The van der Waals surface area contributed by atoms with Crippen LogP contribution in [0.15, 0.2) is 9.59 Å². The molecule has 0 spiro atoms. The van der Waals surface area contributed by atoms with Gasteiger partial charge in [-0.25, -0.2) is 4.79 Å². The number of aromatic nitrogens is 2. The second-order valence-corrected chi connectivity index (χ2v) is 4.18. The van der Waals surface area contributed by atoms with Gasteiger partial charge in [-0.05, 0) is 13.3 Å². The third kappa shape index (κ3) is 3.67. The monoisotopic (exact) mass is 273 g/mol. The van der Waals surface area contributed by atoms with Crippen molar-refractivity contribution in [1.82, 2.24) is 14.9 Å². The van der Waals surface area contributed by atoms with Crippen LogP contribution >= 0.6 is 0 Å². The van der Waals surface area contributed by atoms with Crippen molar-refractivity contribution in [3.8, 4) is 5.88 Å². The summed E-state index contributed by atoms with van der Waals surface area (Å²) in [5.74, 6) is -2.83. The van der Waals surface area contributed by atoms with Crippen LogP contribution in [-0.4, -0.2) is 26.6 Å². The molecule has 0 aliphatic rings. The van der Waals surface area contributed by atoms with Crippen LogP contribution in [-0.2, 0) is 11.3 Å². The predicted molar refractivity (Wildman–Crippen MR) is 65.5 cm³/mol. The quantitative estimate of drug-likeness (QED) is 0.684. The molecule has 0 saturated heterocycles. The SMILES string of the molecule is CCC(C)NC(=O)CCn1c(O)c(F)c(=O)[nH]c1=O. The molecule has 0 fully saturated rings. The van der Waals surface area contributed by atoms with Gasteiger partial charge in [-0.15, -0.1) is 0 Å². The first-order valence-corrected chi connectivity index (χ1v) is 5.87.